The van der Waals surface area contributed by atoms with Crippen molar-refractivity contribution in [2.75, 3.05) is 6.54 Å². The first-order valence-electron chi connectivity index (χ1n) is 5.58. The summed E-state index contributed by atoms with van der Waals surface area (Å²) < 4.78 is 27.6. The molecule has 2 atom stereocenters. The number of benzene rings is 1. The second-order valence-electron chi connectivity index (χ2n) is 4.50. The fourth-order valence-corrected chi connectivity index (χ4v) is 2.49. The summed E-state index contributed by atoms with van der Waals surface area (Å²) in [5, 5.41) is 2.68. The Bertz CT molecular complexity index is 483. The second kappa shape index (κ2) is 4.82. The Morgan fingerprint density at radius 3 is 2.94 bits per heavy atom. The second-order valence-corrected chi connectivity index (χ2v) is 4.91. The van der Waals surface area contributed by atoms with Gasteiger partial charge in [0, 0.05) is 6.42 Å². The Balaban J connectivity index is 2.21. The molecule has 6 heteroatoms. The van der Waals surface area contributed by atoms with E-state index in [4.69, 9.17) is 17.3 Å². The molecule has 1 heterocycles. The molecule has 1 amide bonds. The summed E-state index contributed by atoms with van der Waals surface area (Å²) in [7, 11) is 0. The third-order valence-electron chi connectivity index (χ3n) is 3.17. The minimum atomic E-state index is -1.74. The van der Waals surface area contributed by atoms with Crippen LogP contribution in [0.3, 0.4) is 0 Å². The molecular formula is C12H13ClF2N2O. The lowest BCUT2D eigenvalue weighted by Crippen LogP contribution is -2.49. The van der Waals surface area contributed by atoms with Crippen molar-refractivity contribution in [3.05, 3.63) is 34.6 Å². The molecule has 1 aromatic rings. The molecule has 0 spiro atoms. The lowest BCUT2D eigenvalue weighted by molar-refractivity contribution is -0.122. The zero-order valence-corrected chi connectivity index (χ0v) is 10.3. The first kappa shape index (κ1) is 13.2. The fourth-order valence-electron chi connectivity index (χ4n) is 2.29. The molecule has 0 aromatic heterocycles. The quantitative estimate of drug-likeness (QED) is 0.879. The van der Waals surface area contributed by atoms with E-state index in [0.717, 1.165) is 0 Å². The van der Waals surface area contributed by atoms with Gasteiger partial charge in [-0.05, 0) is 30.7 Å². The molecule has 3 N–H and O–H groups in total. The lowest BCUT2D eigenvalue weighted by atomic mass is 9.89. The lowest BCUT2D eigenvalue weighted by Gasteiger charge is -2.24. The van der Waals surface area contributed by atoms with Crippen molar-refractivity contribution in [1.82, 2.24) is 5.32 Å². The van der Waals surface area contributed by atoms with Gasteiger partial charge in [0.15, 0.2) is 0 Å². The number of carbonyl (C=O) groups is 1. The average Bonchev–Trinajstić information content (AvgIpc) is 2.66. The molecule has 98 valence electrons. The van der Waals surface area contributed by atoms with E-state index in [1.807, 2.05) is 0 Å². The molecule has 0 unspecified atom stereocenters. The summed E-state index contributed by atoms with van der Waals surface area (Å²) in [5.74, 6) is -1.27. The average molecular weight is 275 g/mol. The number of nitrogens with one attached hydrogen (secondary N) is 1. The number of halogens is 3. The molecule has 0 saturated carbocycles. The Labute approximate surface area is 108 Å². The predicted molar refractivity (Wildman–Crippen MR) is 64.6 cm³/mol. The van der Waals surface area contributed by atoms with Crippen LogP contribution in [0.4, 0.5) is 8.78 Å². The van der Waals surface area contributed by atoms with Gasteiger partial charge in [0.25, 0.3) is 0 Å². The van der Waals surface area contributed by atoms with E-state index in [1.165, 1.54) is 18.2 Å². The summed E-state index contributed by atoms with van der Waals surface area (Å²) in [6.45, 7) is 0.388. The zero-order chi connectivity index (χ0) is 13.3. The van der Waals surface area contributed by atoms with Crippen LogP contribution >= 0.6 is 11.6 Å². The molecule has 1 aromatic carbocycles. The molecule has 0 aliphatic carbocycles. The SMILES string of the molecule is NC(=O)[C@H]1NCC[C@@]1(F)Cc1ccc(F)c(Cl)c1. The molecule has 18 heavy (non-hydrogen) atoms. The number of hydrogen-bond donors (Lipinski definition) is 2. The third kappa shape index (κ3) is 2.47. The highest BCUT2D eigenvalue weighted by Gasteiger charge is 2.46. The summed E-state index contributed by atoms with van der Waals surface area (Å²) in [6, 6.07) is 3.00. The Morgan fingerprint density at radius 1 is 1.61 bits per heavy atom. The van der Waals surface area contributed by atoms with Crippen molar-refractivity contribution >= 4 is 17.5 Å². The maximum absolute atomic E-state index is 14.6. The molecule has 0 bridgehead atoms. The van der Waals surface area contributed by atoms with E-state index >= 15 is 0 Å². The van der Waals surface area contributed by atoms with Crippen LogP contribution in [0.25, 0.3) is 0 Å². The van der Waals surface area contributed by atoms with Gasteiger partial charge in [-0.15, -0.1) is 0 Å². The Kier molecular flexibility index (Phi) is 3.54. The van der Waals surface area contributed by atoms with Crippen LogP contribution < -0.4 is 11.1 Å². The van der Waals surface area contributed by atoms with Crippen LogP contribution in [0.15, 0.2) is 18.2 Å². The molecule has 1 saturated heterocycles. The van der Waals surface area contributed by atoms with Gasteiger partial charge >= 0.3 is 0 Å². The van der Waals surface area contributed by atoms with E-state index in [-0.39, 0.29) is 17.9 Å². The van der Waals surface area contributed by atoms with E-state index in [2.05, 4.69) is 5.32 Å². The van der Waals surface area contributed by atoms with Gasteiger partial charge in [-0.25, -0.2) is 8.78 Å². The van der Waals surface area contributed by atoms with Gasteiger partial charge in [0.1, 0.15) is 17.5 Å². The molecule has 1 fully saturated rings. The zero-order valence-electron chi connectivity index (χ0n) is 9.55. The van der Waals surface area contributed by atoms with Crippen molar-refractivity contribution < 1.29 is 13.6 Å². The van der Waals surface area contributed by atoms with Crippen LogP contribution in [0.2, 0.25) is 5.02 Å². The summed E-state index contributed by atoms with van der Waals surface area (Å²) in [4.78, 5) is 11.2. The normalized spacial score (nSPS) is 27.4. The summed E-state index contributed by atoms with van der Waals surface area (Å²) >= 11 is 5.64. The van der Waals surface area contributed by atoms with Crippen LogP contribution in [0.5, 0.6) is 0 Å². The first-order valence-corrected chi connectivity index (χ1v) is 5.96. The number of primary amides is 1. The smallest absolute Gasteiger partial charge is 0.237 e. The van der Waals surface area contributed by atoms with Crippen molar-refractivity contribution in [3.63, 3.8) is 0 Å². The topological polar surface area (TPSA) is 55.1 Å². The van der Waals surface area contributed by atoms with Gasteiger partial charge in [0.05, 0.1) is 5.02 Å². The monoisotopic (exact) mass is 274 g/mol. The minimum absolute atomic E-state index is 0.0202. The van der Waals surface area contributed by atoms with Crippen LogP contribution in [0, 0.1) is 5.82 Å². The number of hydrogen-bond acceptors (Lipinski definition) is 2. The molecule has 0 radical (unpaired) electrons. The first-order chi connectivity index (χ1) is 8.42. The fraction of sp³-hybridized carbons (Fsp3) is 0.417. The highest BCUT2D eigenvalue weighted by molar-refractivity contribution is 6.30. The van der Waals surface area contributed by atoms with Crippen LogP contribution in [-0.2, 0) is 11.2 Å². The van der Waals surface area contributed by atoms with Gasteiger partial charge in [-0.2, -0.15) is 0 Å². The summed E-state index contributed by atoms with van der Waals surface area (Å²) in [6.07, 6.45) is 0.170. The molecular weight excluding hydrogens is 262 g/mol. The van der Waals surface area contributed by atoms with Crippen LogP contribution in [0.1, 0.15) is 12.0 Å². The standard InChI is InChI=1S/C12H13ClF2N2O/c13-8-5-7(1-2-9(8)14)6-12(15)3-4-17-10(12)11(16)18/h1-2,5,10,17H,3-4,6H2,(H2,16,18)/t10-,12-/m1/s1. The number of alkyl halides is 1. The van der Waals surface area contributed by atoms with E-state index < -0.39 is 23.4 Å². The third-order valence-corrected chi connectivity index (χ3v) is 3.46. The molecule has 1 aliphatic rings. The number of amides is 1. The Morgan fingerprint density at radius 2 is 2.33 bits per heavy atom. The van der Waals surface area contributed by atoms with E-state index in [1.54, 1.807) is 0 Å². The van der Waals surface area contributed by atoms with Gasteiger partial charge < -0.3 is 11.1 Å². The summed E-state index contributed by atoms with van der Waals surface area (Å²) in [5.41, 5.74) is 3.95. The van der Waals surface area contributed by atoms with E-state index in [0.29, 0.717) is 12.1 Å². The Hall–Kier alpha value is -1.20. The van der Waals surface area contributed by atoms with Crippen molar-refractivity contribution in [1.29, 1.82) is 0 Å². The number of rotatable bonds is 3. The molecule has 2 rings (SSSR count). The van der Waals surface area contributed by atoms with Gasteiger partial charge in [-0.3, -0.25) is 4.79 Å². The van der Waals surface area contributed by atoms with Crippen molar-refractivity contribution in [2.24, 2.45) is 5.73 Å². The minimum Gasteiger partial charge on any atom is -0.368 e. The van der Waals surface area contributed by atoms with Crippen molar-refractivity contribution in [2.45, 2.75) is 24.6 Å². The molecule has 3 nitrogen and oxygen atoms in total. The van der Waals surface area contributed by atoms with E-state index in [9.17, 15) is 13.6 Å². The van der Waals surface area contributed by atoms with Crippen LogP contribution in [-0.4, -0.2) is 24.2 Å². The highest BCUT2D eigenvalue weighted by Crippen LogP contribution is 2.31. The van der Waals surface area contributed by atoms with Gasteiger partial charge in [-0.1, -0.05) is 17.7 Å². The molecule has 1 aliphatic heterocycles. The van der Waals surface area contributed by atoms with Gasteiger partial charge in [0.2, 0.25) is 5.91 Å². The number of carbonyl (C=O) groups excluding carboxylic acids is 1. The number of nitrogens with two attached hydrogens (primary N) is 1. The largest absolute Gasteiger partial charge is 0.368 e. The maximum Gasteiger partial charge on any atom is 0.237 e. The van der Waals surface area contributed by atoms with Crippen molar-refractivity contribution in [3.8, 4) is 0 Å². The highest BCUT2D eigenvalue weighted by atomic mass is 35.5. The predicted octanol–water partition coefficient (Wildman–Crippen LogP) is 1.58. The maximum atomic E-state index is 14.6.